The fourth-order valence-corrected chi connectivity index (χ4v) is 2.19. The average molecular weight is 301 g/mol. The molecule has 0 aliphatic carbocycles. The number of phenolic OH excluding ortho intramolecular Hbond substituents is 1. The number of aromatic hydroxyl groups is 1. The van der Waals surface area contributed by atoms with Crippen LogP contribution >= 0.6 is 0 Å². The van der Waals surface area contributed by atoms with Gasteiger partial charge in [0.25, 0.3) is 0 Å². The van der Waals surface area contributed by atoms with Gasteiger partial charge in [0, 0.05) is 11.1 Å². The summed E-state index contributed by atoms with van der Waals surface area (Å²) >= 11 is 0. The van der Waals surface area contributed by atoms with Crippen LogP contribution < -0.4 is 0 Å². The molecule has 0 aliphatic heterocycles. The number of hydrogen-bond donors (Lipinski definition) is 2. The van der Waals surface area contributed by atoms with Crippen molar-refractivity contribution in [1.82, 2.24) is 0 Å². The van der Waals surface area contributed by atoms with Crippen LogP contribution in [0.2, 0.25) is 0 Å². The van der Waals surface area contributed by atoms with Crippen LogP contribution in [-0.2, 0) is 15.6 Å². The Kier molecular flexibility index (Phi) is 4.72. The number of carboxylic acids is 1. The Morgan fingerprint density at radius 2 is 1.50 bits per heavy atom. The molecule has 1 aromatic rings. The topological polar surface area (TPSA) is 81.3 Å². The van der Waals surface area contributed by atoms with E-state index in [4.69, 9.17) is 10.4 Å². The number of nitrogens with zero attached hydrogens (tertiary/aromatic N) is 1. The zero-order valence-electron chi connectivity index (χ0n) is 14.0. The molecule has 4 nitrogen and oxygen atoms in total. The van der Waals surface area contributed by atoms with Crippen molar-refractivity contribution < 1.29 is 15.0 Å². The van der Waals surface area contributed by atoms with Crippen molar-refractivity contribution in [2.75, 3.05) is 0 Å². The van der Waals surface area contributed by atoms with Crippen molar-refractivity contribution in [3.05, 3.63) is 34.4 Å². The molecular formula is C18H23NO3. The molecule has 0 aliphatic rings. The molecule has 1 rings (SSSR count). The van der Waals surface area contributed by atoms with Gasteiger partial charge < -0.3 is 10.2 Å². The quantitative estimate of drug-likeness (QED) is 0.639. The summed E-state index contributed by atoms with van der Waals surface area (Å²) in [6.07, 6.45) is 1.34. The fourth-order valence-electron chi connectivity index (χ4n) is 2.19. The number of aliphatic carboxylic acids is 1. The summed E-state index contributed by atoms with van der Waals surface area (Å²) in [4.78, 5) is 11.0. The average Bonchev–Trinajstić information content (AvgIpc) is 2.34. The first-order valence-electron chi connectivity index (χ1n) is 7.11. The minimum Gasteiger partial charge on any atom is -0.507 e. The lowest BCUT2D eigenvalue weighted by molar-refractivity contribution is -0.132. The number of carbonyl (C=O) groups is 1. The molecule has 0 heterocycles. The Bertz CT molecular complexity index is 630. The molecule has 0 radical (unpaired) electrons. The summed E-state index contributed by atoms with van der Waals surface area (Å²) in [5, 5.41) is 28.5. The second-order valence-corrected chi connectivity index (χ2v) is 7.44. The first-order chi connectivity index (χ1) is 9.87. The number of carboxylic acid groups (broad SMARTS) is 1. The highest BCUT2D eigenvalue weighted by atomic mass is 16.4. The molecule has 1 aromatic carbocycles. The first-order valence-corrected chi connectivity index (χ1v) is 7.11. The van der Waals surface area contributed by atoms with Gasteiger partial charge in [0.1, 0.15) is 17.4 Å². The lowest BCUT2D eigenvalue weighted by Crippen LogP contribution is -2.17. The van der Waals surface area contributed by atoms with Crippen molar-refractivity contribution in [2.45, 2.75) is 52.4 Å². The minimum atomic E-state index is -1.26. The molecule has 4 heteroatoms. The van der Waals surface area contributed by atoms with Crippen LogP contribution in [0, 0.1) is 11.3 Å². The normalized spacial score (nSPS) is 12.9. The highest BCUT2D eigenvalue weighted by Crippen LogP contribution is 2.40. The monoisotopic (exact) mass is 301 g/mol. The van der Waals surface area contributed by atoms with Crippen LogP contribution in [0.4, 0.5) is 0 Å². The van der Waals surface area contributed by atoms with Gasteiger partial charge in [0.2, 0.25) is 0 Å². The maximum atomic E-state index is 11.0. The van der Waals surface area contributed by atoms with Crippen LogP contribution in [0.3, 0.4) is 0 Å². The lowest BCUT2D eigenvalue weighted by atomic mass is 9.78. The molecule has 22 heavy (non-hydrogen) atoms. The second-order valence-electron chi connectivity index (χ2n) is 7.44. The summed E-state index contributed by atoms with van der Waals surface area (Å²) in [6.45, 7) is 11.9. The van der Waals surface area contributed by atoms with Gasteiger partial charge in [0.15, 0.2) is 0 Å². The highest BCUT2D eigenvalue weighted by molar-refractivity contribution is 5.96. The predicted molar refractivity (Wildman–Crippen MR) is 86.7 cm³/mol. The molecule has 0 bridgehead atoms. The van der Waals surface area contributed by atoms with Gasteiger partial charge in [-0.25, -0.2) is 4.79 Å². The Morgan fingerprint density at radius 1 is 1.09 bits per heavy atom. The van der Waals surface area contributed by atoms with E-state index in [1.165, 1.54) is 6.08 Å². The van der Waals surface area contributed by atoms with Gasteiger partial charge in [-0.2, -0.15) is 5.26 Å². The molecular weight excluding hydrogens is 278 g/mol. The van der Waals surface area contributed by atoms with Crippen LogP contribution in [-0.4, -0.2) is 16.2 Å². The van der Waals surface area contributed by atoms with E-state index in [2.05, 4.69) is 0 Å². The minimum absolute atomic E-state index is 0.228. The molecule has 0 unspecified atom stereocenters. The van der Waals surface area contributed by atoms with Crippen LogP contribution in [0.1, 0.15) is 58.2 Å². The van der Waals surface area contributed by atoms with E-state index in [9.17, 15) is 9.90 Å². The van der Waals surface area contributed by atoms with E-state index < -0.39 is 5.97 Å². The lowest BCUT2D eigenvalue weighted by Gasteiger charge is -2.27. The van der Waals surface area contributed by atoms with Gasteiger partial charge in [0.05, 0.1) is 0 Å². The van der Waals surface area contributed by atoms with Crippen molar-refractivity contribution >= 4 is 12.0 Å². The maximum Gasteiger partial charge on any atom is 0.346 e. The molecule has 2 N–H and O–H groups in total. The predicted octanol–water partition coefficient (Wildman–Crippen LogP) is 3.98. The van der Waals surface area contributed by atoms with Crippen molar-refractivity contribution in [3.63, 3.8) is 0 Å². The summed E-state index contributed by atoms with van der Waals surface area (Å²) in [5.74, 6) is -1.03. The van der Waals surface area contributed by atoms with Gasteiger partial charge >= 0.3 is 5.97 Å². The number of hydrogen-bond acceptors (Lipinski definition) is 3. The standard InChI is InChI=1S/C18H23NO3/c1-17(2,3)13-8-11(7-12(10-19)16(21)22)9-14(15(13)20)18(4,5)6/h7-9,20H,1-6H3,(H,21,22)/b12-7-. The smallest absolute Gasteiger partial charge is 0.346 e. The second kappa shape index (κ2) is 5.84. The van der Waals surface area contributed by atoms with Crippen LogP contribution in [0.15, 0.2) is 17.7 Å². The van der Waals surface area contributed by atoms with E-state index in [1.54, 1.807) is 18.2 Å². The van der Waals surface area contributed by atoms with E-state index in [0.29, 0.717) is 5.56 Å². The molecule has 0 aromatic heterocycles. The van der Waals surface area contributed by atoms with Gasteiger partial charge in [-0.15, -0.1) is 0 Å². The van der Waals surface area contributed by atoms with E-state index in [-0.39, 0.29) is 22.2 Å². The third-order valence-corrected chi connectivity index (χ3v) is 3.41. The Morgan fingerprint density at radius 3 is 1.77 bits per heavy atom. The van der Waals surface area contributed by atoms with Gasteiger partial charge in [-0.3, -0.25) is 0 Å². The fraction of sp³-hybridized carbons (Fsp3) is 0.444. The van der Waals surface area contributed by atoms with E-state index in [0.717, 1.165) is 11.1 Å². The third kappa shape index (κ3) is 3.88. The molecule has 0 saturated carbocycles. The Labute approximate surface area is 131 Å². The molecule has 0 amide bonds. The number of phenols is 1. The molecule has 0 saturated heterocycles. The SMILES string of the molecule is CC(C)(C)c1cc(/C=C(/C#N)C(=O)O)cc(C(C)(C)C)c1O. The van der Waals surface area contributed by atoms with Crippen LogP contribution in [0.25, 0.3) is 6.08 Å². The van der Waals surface area contributed by atoms with E-state index in [1.807, 2.05) is 41.5 Å². The van der Waals surface area contributed by atoms with Crippen molar-refractivity contribution in [2.24, 2.45) is 0 Å². The summed E-state index contributed by atoms with van der Waals surface area (Å²) in [6, 6.07) is 5.16. The van der Waals surface area contributed by atoms with Gasteiger partial charge in [-0.1, -0.05) is 41.5 Å². The van der Waals surface area contributed by atoms with Gasteiger partial charge in [-0.05, 0) is 34.6 Å². The van der Waals surface area contributed by atoms with Crippen LogP contribution in [0.5, 0.6) is 5.75 Å². The zero-order valence-corrected chi connectivity index (χ0v) is 14.0. The molecule has 118 valence electrons. The summed E-state index contributed by atoms with van der Waals surface area (Å²) < 4.78 is 0. The van der Waals surface area contributed by atoms with Crippen molar-refractivity contribution in [3.8, 4) is 11.8 Å². The molecule has 0 spiro atoms. The summed E-state index contributed by atoms with van der Waals surface area (Å²) in [5.41, 5.74) is 1.13. The Hall–Kier alpha value is -2.28. The third-order valence-electron chi connectivity index (χ3n) is 3.41. The first kappa shape index (κ1) is 17.8. The van der Waals surface area contributed by atoms with E-state index >= 15 is 0 Å². The molecule has 0 atom stereocenters. The number of benzene rings is 1. The zero-order chi connectivity index (χ0) is 17.3. The Balaban J connectivity index is 3.70. The summed E-state index contributed by atoms with van der Waals surface area (Å²) in [7, 11) is 0. The number of rotatable bonds is 2. The largest absolute Gasteiger partial charge is 0.507 e. The highest BCUT2D eigenvalue weighted by Gasteiger charge is 2.26. The van der Waals surface area contributed by atoms with Crippen molar-refractivity contribution in [1.29, 1.82) is 5.26 Å². The molecule has 0 fully saturated rings. The number of nitriles is 1. The maximum absolute atomic E-state index is 11.0.